The maximum Gasteiger partial charge on any atom is 1.00 e. The Balaban J connectivity index is -0.000000720. The Morgan fingerprint density at radius 1 is 1.40 bits per heavy atom. The summed E-state index contributed by atoms with van der Waals surface area (Å²) in [6.45, 7) is 16.3. The largest absolute Gasteiger partial charge is 1.00 e. The predicted octanol–water partition coefficient (Wildman–Crippen LogP) is -0.460. The Labute approximate surface area is 107 Å². The van der Waals surface area contributed by atoms with Gasteiger partial charge in [0.05, 0.1) is 0 Å². The van der Waals surface area contributed by atoms with E-state index in [-0.39, 0.29) is 38.0 Å². The molecule has 0 aromatic heterocycles. The van der Waals surface area contributed by atoms with Crippen LogP contribution in [0.4, 0.5) is 0 Å². The number of carbonyl (C=O) groups is 1. The minimum Gasteiger partial charge on any atom is -0.435 e. The van der Waals surface area contributed by atoms with Crippen LogP contribution in [0.2, 0.25) is 0 Å². The average Bonchev–Trinajstić information content (AvgIpc) is 2.06. The summed E-state index contributed by atoms with van der Waals surface area (Å²) in [5.74, 6) is 0.252. The molecule has 15 heavy (non-hydrogen) atoms. The molecular weight excluding hydrogens is 181 g/mol. The number of carbonyl (C=O) groups excluding carboxylic acids is 1. The molecule has 0 amide bonds. The third kappa shape index (κ3) is 7.70. The van der Waals surface area contributed by atoms with Gasteiger partial charge in [-0.05, 0) is 13.3 Å². The molecule has 84 valence electrons. The van der Waals surface area contributed by atoms with E-state index in [1.54, 1.807) is 6.92 Å². The molecule has 1 atom stereocenters. The summed E-state index contributed by atoms with van der Waals surface area (Å²) in [6.07, 6.45) is 0.709. The fraction of sp³-hybridized carbons (Fsp3) is 0.500. The standard InChI is InChI=1S/C11H19NO.CH3.Li/c1-6-12(7-2)10(4)8-9(3)11(5)13;;/h9H,1-2,4,6-8H2,3,5H3;1H3;/q-2;-1;+1/t9-;;/m0../s1. The van der Waals surface area contributed by atoms with Crippen molar-refractivity contribution in [1.29, 1.82) is 0 Å². The first kappa shape index (κ1) is 20.2. The Morgan fingerprint density at radius 3 is 2.07 bits per heavy atom. The van der Waals surface area contributed by atoms with Crippen molar-refractivity contribution in [2.24, 2.45) is 5.92 Å². The quantitative estimate of drug-likeness (QED) is 0.430. The fourth-order valence-corrected chi connectivity index (χ4v) is 1.05. The number of hydrogen-bond acceptors (Lipinski definition) is 2. The van der Waals surface area contributed by atoms with E-state index in [0.29, 0.717) is 19.5 Å². The first-order valence-corrected chi connectivity index (χ1v) is 4.54. The Kier molecular flexibility index (Phi) is 13.9. The zero-order chi connectivity index (χ0) is 10.4. The molecule has 0 radical (unpaired) electrons. The maximum absolute atomic E-state index is 11.0. The summed E-state index contributed by atoms with van der Waals surface area (Å²) in [7, 11) is 0. The van der Waals surface area contributed by atoms with Gasteiger partial charge in [-0.15, -0.1) is 13.1 Å². The third-order valence-electron chi connectivity index (χ3n) is 2.22. The monoisotopic (exact) mass is 203 g/mol. The summed E-state index contributed by atoms with van der Waals surface area (Å²) >= 11 is 0. The van der Waals surface area contributed by atoms with E-state index < -0.39 is 0 Å². The number of Topliss-reactive ketones (excluding diaryl/α,β-unsaturated/α-hetero) is 1. The molecule has 0 aliphatic carbocycles. The molecule has 0 heterocycles. The molecule has 3 heteroatoms. The molecular formula is C12H22LiNO-2. The average molecular weight is 203 g/mol. The smallest absolute Gasteiger partial charge is 0.435 e. The van der Waals surface area contributed by atoms with Gasteiger partial charge < -0.3 is 26.2 Å². The van der Waals surface area contributed by atoms with E-state index in [2.05, 4.69) is 20.4 Å². The van der Waals surface area contributed by atoms with Crippen LogP contribution >= 0.6 is 0 Å². The molecule has 0 aliphatic rings. The van der Waals surface area contributed by atoms with Crippen molar-refractivity contribution < 1.29 is 23.7 Å². The summed E-state index contributed by atoms with van der Waals surface area (Å²) in [5, 5.41) is 0. The van der Waals surface area contributed by atoms with Crippen LogP contribution < -0.4 is 18.9 Å². The second-order valence-corrected chi connectivity index (χ2v) is 3.27. The minimum atomic E-state index is 0. The third-order valence-corrected chi connectivity index (χ3v) is 2.22. The molecule has 0 unspecified atom stereocenters. The van der Waals surface area contributed by atoms with Crippen LogP contribution in [0.5, 0.6) is 0 Å². The van der Waals surface area contributed by atoms with Gasteiger partial charge in [0.15, 0.2) is 0 Å². The molecule has 0 saturated carbocycles. The Morgan fingerprint density at radius 2 is 1.80 bits per heavy atom. The topological polar surface area (TPSA) is 20.3 Å². The molecule has 2 nitrogen and oxygen atoms in total. The van der Waals surface area contributed by atoms with Crippen LogP contribution in [0.1, 0.15) is 20.3 Å². The zero-order valence-electron chi connectivity index (χ0n) is 10.7. The van der Waals surface area contributed by atoms with Crippen LogP contribution in [0.25, 0.3) is 0 Å². The van der Waals surface area contributed by atoms with Gasteiger partial charge in [0, 0.05) is 11.6 Å². The number of allylic oxidation sites excluding steroid dienone is 1. The predicted molar refractivity (Wildman–Crippen MR) is 62.3 cm³/mol. The van der Waals surface area contributed by atoms with E-state index in [9.17, 15) is 4.79 Å². The second-order valence-electron chi connectivity index (χ2n) is 3.27. The zero-order valence-corrected chi connectivity index (χ0v) is 10.7. The van der Waals surface area contributed by atoms with Gasteiger partial charge in [0.2, 0.25) is 0 Å². The van der Waals surface area contributed by atoms with E-state index in [1.807, 2.05) is 11.8 Å². The van der Waals surface area contributed by atoms with Crippen LogP contribution in [-0.2, 0) is 4.79 Å². The number of nitrogens with zero attached hydrogens (tertiary/aromatic N) is 1. The van der Waals surface area contributed by atoms with Crippen LogP contribution in [0, 0.1) is 27.2 Å². The van der Waals surface area contributed by atoms with Gasteiger partial charge in [0.1, 0.15) is 5.78 Å². The van der Waals surface area contributed by atoms with Gasteiger partial charge in [-0.2, -0.15) is 0 Å². The molecule has 0 rings (SSSR count). The Bertz CT molecular complexity index is 188. The van der Waals surface area contributed by atoms with Crippen molar-refractivity contribution in [2.45, 2.75) is 20.3 Å². The van der Waals surface area contributed by atoms with Crippen molar-refractivity contribution in [3.05, 3.63) is 33.6 Å². The first-order chi connectivity index (χ1) is 6.02. The van der Waals surface area contributed by atoms with Gasteiger partial charge >= 0.3 is 18.9 Å². The molecule has 0 aromatic carbocycles. The van der Waals surface area contributed by atoms with Crippen LogP contribution in [-0.4, -0.2) is 23.8 Å². The molecule has 0 spiro atoms. The summed E-state index contributed by atoms with van der Waals surface area (Å²) < 4.78 is 0. The molecule has 0 bridgehead atoms. The molecule has 0 fully saturated rings. The van der Waals surface area contributed by atoms with Gasteiger partial charge in [-0.3, -0.25) is 4.79 Å². The van der Waals surface area contributed by atoms with E-state index >= 15 is 0 Å². The Hall–Kier alpha value is -0.193. The van der Waals surface area contributed by atoms with Gasteiger partial charge in [-0.25, -0.2) is 0 Å². The SMILES string of the molecule is C=C(C[C@H](C)C(C)=O)N(C[CH2-])C[CH2-].[CH3-].[Li+]. The van der Waals surface area contributed by atoms with Crippen LogP contribution in [0.15, 0.2) is 12.3 Å². The molecule has 0 saturated heterocycles. The van der Waals surface area contributed by atoms with Crippen LogP contribution in [0.3, 0.4) is 0 Å². The first-order valence-electron chi connectivity index (χ1n) is 4.54. The fourth-order valence-electron chi connectivity index (χ4n) is 1.05. The van der Waals surface area contributed by atoms with Crippen molar-refractivity contribution >= 4 is 5.78 Å². The van der Waals surface area contributed by atoms with Crippen molar-refractivity contribution in [2.75, 3.05) is 13.1 Å². The van der Waals surface area contributed by atoms with Crippen molar-refractivity contribution in [3.8, 4) is 0 Å². The number of rotatable bonds is 6. The van der Waals surface area contributed by atoms with Gasteiger partial charge in [0.25, 0.3) is 0 Å². The molecule has 0 aromatic rings. The van der Waals surface area contributed by atoms with Crippen molar-refractivity contribution in [3.63, 3.8) is 0 Å². The number of ketones is 1. The summed E-state index contributed by atoms with van der Waals surface area (Å²) in [4.78, 5) is 13.0. The van der Waals surface area contributed by atoms with Crippen molar-refractivity contribution in [1.82, 2.24) is 4.90 Å². The normalized spacial score (nSPS) is 10.7. The molecule has 0 N–H and O–H groups in total. The second kappa shape index (κ2) is 10.3. The summed E-state index contributed by atoms with van der Waals surface area (Å²) in [6, 6.07) is 0. The minimum absolute atomic E-state index is 0. The van der Waals surface area contributed by atoms with E-state index in [0.717, 1.165) is 5.70 Å². The summed E-state index contributed by atoms with van der Waals surface area (Å²) in [5.41, 5.74) is 0.952. The van der Waals surface area contributed by atoms with Gasteiger partial charge in [-0.1, -0.05) is 13.5 Å². The molecule has 0 aliphatic heterocycles. The van der Waals surface area contributed by atoms with E-state index in [1.165, 1.54) is 0 Å². The number of hydrogen-bond donors (Lipinski definition) is 0. The maximum atomic E-state index is 11.0. The van der Waals surface area contributed by atoms with E-state index in [4.69, 9.17) is 0 Å².